The molecule has 5 nitrogen and oxygen atoms in total. The lowest BCUT2D eigenvalue weighted by Crippen LogP contribution is -2.48. The van der Waals surface area contributed by atoms with Crippen LogP contribution in [0.5, 0.6) is 0 Å². The summed E-state index contributed by atoms with van der Waals surface area (Å²) in [6.45, 7) is 11.3. The van der Waals surface area contributed by atoms with Crippen LogP contribution in [0.2, 0.25) is 0 Å². The first-order chi connectivity index (χ1) is 11.6. The van der Waals surface area contributed by atoms with Gasteiger partial charge in [-0.05, 0) is 33.0 Å². The molecule has 1 amide bonds. The van der Waals surface area contributed by atoms with Crippen LogP contribution in [-0.4, -0.2) is 74.6 Å². The lowest BCUT2D eigenvalue weighted by atomic mass is 10.1. The number of hydrogen-bond donors (Lipinski definition) is 0. The van der Waals surface area contributed by atoms with Crippen molar-refractivity contribution in [2.24, 2.45) is 0 Å². The van der Waals surface area contributed by atoms with E-state index in [1.165, 1.54) is 5.69 Å². The largest absolute Gasteiger partial charge is 0.366 e. The van der Waals surface area contributed by atoms with Crippen LogP contribution in [0, 0.1) is 0 Å². The summed E-state index contributed by atoms with van der Waals surface area (Å²) in [5.74, 6) is 0.254. The highest BCUT2D eigenvalue weighted by atomic mass is 16.2. The van der Waals surface area contributed by atoms with Gasteiger partial charge in [0.25, 0.3) is 0 Å². The fourth-order valence-corrected chi connectivity index (χ4v) is 3.64. The quantitative estimate of drug-likeness (QED) is 0.843. The van der Waals surface area contributed by atoms with Crippen LogP contribution in [-0.2, 0) is 4.79 Å². The molecule has 2 heterocycles. The van der Waals surface area contributed by atoms with Gasteiger partial charge in [0.1, 0.15) is 0 Å². The Morgan fingerprint density at radius 2 is 1.67 bits per heavy atom. The van der Waals surface area contributed by atoms with Crippen LogP contribution in [0.25, 0.3) is 0 Å². The number of amides is 1. The molecule has 3 rings (SSSR count). The summed E-state index contributed by atoms with van der Waals surface area (Å²) in [5, 5.41) is 0. The van der Waals surface area contributed by atoms with Gasteiger partial charge in [-0.3, -0.25) is 4.79 Å². The maximum absolute atomic E-state index is 12.8. The first-order valence-electron chi connectivity index (χ1n) is 9.13. The SMILES string of the molecule is CC(C)N1CCN(C(=O)CCN2CCN(C)CC2)c2ccccc21. The molecule has 0 atom stereocenters. The van der Waals surface area contributed by atoms with Gasteiger partial charge in [0.05, 0.1) is 11.4 Å². The van der Waals surface area contributed by atoms with Crippen LogP contribution in [0.15, 0.2) is 24.3 Å². The minimum absolute atomic E-state index is 0.254. The Balaban J connectivity index is 1.64. The predicted octanol–water partition coefficient (Wildman–Crippen LogP) is 1.89. The summed E-state index contributed by atoms with van der Waals surface area (Å²) < 4.78 is 0. The molecular weight excluding hydrogens is 300 g/mol. The smallest absolute Gasteiger partial charge is 0.228 e. The van der Waals surface area contributed by atoms with Gasteiger partial charge in [-0.2, -0.15) is 0 Å². The molecule has 0 saturated carbocycles. The van der Waals surface area contributed by atoms with E-state index in [0.29, 0.717) is 12.5 Å². The molecule has 0 spiro atoms. The van der Waals surface area contributed by atoms with Crippen LogP contribution in [0.3, 0.4) is 0 Å². The van der Waals surface area contributed by atoms with Crippen molar-refractivity contribution in [3.8, 4) is 0 Å². The molecule has 0 unspecified atom stereocenters. The standard InChI is InChI=1S/C19H30N4O/c1-16(2)22-14-15-23(18-7-5-4-6-17(18)22)19(24)8-9-21-12-10-20(3)11-13-21/h4-7,16H,8-15H2,1-3H3. The van der Waals surface area contributed by atoms with Gasteiger partial charge >= 0.3 is 0 Å². The second kappa shape index (κ2) is 7.53. The maximum atomic E-state index is 12.8. The molecular formula is C19H30N4O. The van der Waals surface area contributed by atoms with Crippen molar-refractivity contribution >= 4 is 17.3 Å². The zero-order valence-electron chi connectivity index (χ0n) is 15.2. The Labute approximate surface area is 145 Å². The third-order valence-electron chi connectivity index (χ3n) is 5.21. The summed E-state index contributed by atoms with van der Waals surface area (Å²) in [6, 6.07) is 8.76. The van der Waals surface area contributed by atoms with Crippen LogP contribution in [0.4, 0.5) is 11.4 Å². The summed E-state index contributed by atoms with van der Waals surface area (Å²) >= 11 is 0. The zero-order chi connectivity index (χ0) is 17.1. The van der Waals surface area contributed by atoms with E-state index in [1.807, 2.05) is 11.0 Å². The molecule has 1 aromatic rings. The van der Waals surface area contributed by atoms with Gasteiger partial charge in [-0.15, -0.1) is 0 Å². The number of carbonyl (C=O) groups excluding carboxylic acids is 1. The third kappa shape index (κ3) is 3.73. The molecule has 1 aromatic carbocycles. The molecule has 0 aliphatic carbocycles. The minimum atomic E-state index is 0.254. The van der Waals surface area contributed by atoms with Crippen molar-refractivity contribution in [1.82, 2.24) is 9.80 Å². The summed E-state index contributed by atoms with van der Waals surface area (Å²) in [4.78, 5) is 22.0. The number of carbonyl (C=O) groups is 1. The third-order valence-corrected chi connectivity index (χ3v) is 5.21. The van der Waals surface area contributed by atoms with Gasteiger partial charge in [0.15, 0.2) is 0 Å². The van der Waals surface area contributed by atoms with Crippen molar-refractivity contribution in [3.63, 3.8) is 0 Å². The molecule has 0 aromatic heterocycles. The highest BCUT2D eigenvalue weighted by Gasteiger charge is 2.27. The normalized spacial score (nSPS) is 19.7. The van der Waals surface area contributed by atoms with Crippen molar-refractivity contribution < 1.29 is 4.79 Å². The number of fused-ring (bicyclic) bond motifs is 1. The highest BCUT2D eigenvalue weighted by Crippen LogP contribution is 2.34. The Morgan fingerprint density at radius 1 is 1.00 bits per heavy atom. The fraction of sp³-hybridized carbons (Fsp3) is 0.632. The number of piperazine rings is 1. The first kappa shape index (κ1) is 17.2. The van der Waals surface area contributed by atoms with E-state index in [-0.39, 0.29) is 5.91 Å². The van der Waals surface area contributed by atoms with E-state index < -0.39 is 0 Å². The van der Waals surface area contributed by atoms with Gasteiger partial charge in [-0.25, -0.2) is 0 Å². The van der Waals surface area contributed by atoms with Gasteiger partial charge < -0.3 is 19.6 Å². The Morgan fingerprint density at radius 3 is 2.33 bits per heavy atom. The Bertz CT molecular complexity index is 566. The molecule has 24 heavy (non-hydrogen) atoms. The molecule has 0 bridgehead atoms. The Hall–Kier alpha value is -1.59. The zero-order valence-corrected chi connectivity index (χ0v) is 15.2. The monoisotopic (exact) mass is 330 g/mol. The Kier molecular flexibility index (Phi) is 5.41. The van der Waals surface area contributed by atoms with E-state index >= 15 is 0 Å². The number of anilines is 2. The van der Waals surface area contributed by atoms with Crippen molar-refractivity contribution in [1.29, 1.82) is 0 Å². The van der Waals surface area contributed by atoms with Gasteiger partial charge in [0.2, 0.25) is 5.91 Å². The summed E-state index contributed by atoms with van der Waals surface area (Å²) in [5.41, 5.74) is 2.26. The summed E-state index contributed by atoms with van der Waals surface area (Å²) in [7, 11) is 2.16. The van der Waals surface area contributed by atoms with E-state index in [9.17, 15) is 4.79 Å². The molecule has 1 fully saturated rings. The lowest BCUT2D eigenvalue weighted by molar-refractivity contribution is -0.119. The van der Waals surface area contributed by atoms with E-state index in [0.717, 1.165) is 51.5 Å². The fourth-order valence-electron chi connectivity index (χ4n) is 3.64. The van der Waals surface area contributed by atoms with E-state index in [2.05, 4.69) is 53.8 Å². The van der Waals surface area contributed by atoms with Gasteiger partial charge in [-0.1, -0.05) is 12.1 Å². The van der Waals surface area contributed by atoms with E-state index in [4.69, 9.17) is 0 Å². The van der Waals surface area contributed by atoms with Crippen LogP contribution < -0.4 is 9.80 Å². The number of rotatable bonds is 4. The molecule has 0 N–H and O–H groups in total. The van der Waals surface area contributed by atoms with Crippen molar-refractivity contribution in [3.05, 3.63) is 24.3 Å². The second-order valence-electron chi connectivity index (χ2n) is 7.22. The number of likely N-dealkylation sites (N-methyl/N-ethyl adjacent to an activating group) is 1. The van der Waals surface area contributed by atoms with E-state index in [1.54, 1.807) is 0 Å². The second-order valence-corrected chi connectivity index (χ2v) is 7.22. The molecule has 2 aliphatic rings. The molecule has 5 heteroatoms. The number of nitrogens with zero attached hydrogens (tertiary/aromatic N) is 4. The average molecular weight is 330 g/mol. The molecule has 132 valence electrons. The number of benzene rings is 1. The highest BCUT2D eigenvalue weighted by molar-refractivity contribution is 5.98. The number of para-hydroxylation sites is 2. The van der Waals surface area contributed by atoms with Crippen molar-refractivity contribution in [2.45, 2.75) is 26.3 Å². The van der Waals surface area contributed by atoms with Gasteiger partial charge in [0, 0.05) is 58.3 Å². The maximum Gasteiger partial charge on any atom is 0.228 e. The van der Waals surface area contributed by atoms with Crippen LogP contribution in [0.1, 0.15) is 20.3 Å². The minimum Gasteiger partial charge on any atom is -0.366 e. The molecule has 1 saturated heterocycles. The first-order valence-corrected chi connectivity index (χ1v) is 9.13. The van der Waals surface area contributed by atoms with Crippen molar-refractivity contribution in [2.75, 3.05) is 62.7 Å². The topological polar surface area (TPSA) is 30.0 Å². The average Bonchev–Trinajstić information content (AvgIpc) is 2.60. The summed E-state index contributed by atoms with van der Waals surface area (Å²) in [6.07, 6.45) is 0.611. The van der Waals surface area contributed by atoms with Crippen LogP contribution >= 0.6 is 0 Å². The number of hydrogen-bond acceptors (Lipinski definition) is 4. The molecule has 2 aliphatic heterocycles. The molecule has 0 radical (unpaired) electrons. The predicted molar refractivity (Wildman–Crippen MR) is 99.8 cm³/mol. The lowest BCUT2D eigenvalue weighted by Gasteiger charge is -2.40.